The van der Waals surface area contributed by atoms with E-state index in [9.17, 15) is 9.59 Å². The Balaban J connectivity index is 1.24. The standard InChI is InChI=1S/C28H24N8O3S/c37-24-17-13-16(26-31-34-35-32-26)6-7-19(17)39-28(8-11-29-12-9-28)22(24)25(38)20-14-18-23(15-4-5-15)33-36(27(18)40-20)21-3-1-2-10-30-21/h1-3,6-7,10,13-15,22,29H,4-5,8-9,11-12H2,(H,31,32,34,35)/t22-/m1/s1. The molecule has 1 aromatic carbocycles. The summed E-state index contributed by atoms with van der Waals surface area (Å²) in [4.78, 5) is 34.6. The maximum Gasteiger partial charge on any atom is 0.204 e. The Morgan fingerprint density at radius 2 is 2.00 bits per heavy atom. The lowest BCUT2D eigenvalue weighted by atomic mass is 9.71. The predicted molar refractivity (Wildman–Crippen MR) is 146 cm³/mol. The Morgan fingerprint density at radius 1 is 1.12 bits per heavy atom. The lowest BCUT2D eigenvalue weighted by molar-refractivity contribution is -0.0136. The minimum absolute atomic E-state index is 0.210. The second-order valence-corrected chi connectivity index (χ2v) is 11.6. The summed E-state index contributed by atoms with van der Waals surface area (Å²) in [6.07, 6.45) is 5.01. The number of nitrogens with one attached hydrogen (secondary N) is 2. The SMILES string of the molecule is O=C(c1cc2c(C3CC3)nn(-c3ccccn3)c2s1)[C@H]1C(=O)c2cc(-c3nn[nH]n3)ccc2OC12CCNCC2. The topological polar surface area (TPSA) is 141 Å². The number of H-pyrrole nitrogens is 1. The maximum atomic E-state index is 14.4. The summed E-state index contributed by atoms with van der Waals surface area (Å²) in [5, 5.41) is 23.3. The number of rotatable bonds is 5. The zero-order chi connectivity index (χ0) is 26.8. The minimum atomic E-state index is -0.967. The normalized spacial score (nSPS) is 20.0. The van der Waals surface area contributed by atoms with Crippen LogP contribution < -0.4 is 10.1 Å². The smallest absolute Gasteiger partial charge is 0.204 e. The van der Waals surface area contributed by atoms with Crippen molar-refractivity contribution in [2.45, 2.75) is 37.2 Å². The number of ketones is 2. The van der Waals surface area contributed by atoms with Gasteiger partial charge in [0.05, 0.1) is 16.1 Å². The van der Waals surface area contributed by atoms with Crippen LogP contribution in [0.3, 0.4) is 0 Å². The molecule has 2 aliphatic heterocycles. The average molecular weight is 553 g/mol. The number of piperidine rings is 1. The number of benzene rings is 1. The van der Waals surface area contributed by atoms with Gasteiger partial charge in [0, 0.05) is 35.9 Å². The van der Waals surface area contributed by atoms with Crippen molar-refractivity contribution in [2.75, 3.05) is 13.1 Å². The molecule has 1 saturated carbocycles. The molecule has 0 bridgehead atoms. The largest absolute Gasteiger partial charge is 0.485 e. The van der Waals surface area contributed by atoms with E-state index in [0.29, 0.717) is 65.2 Å². The number of tetrazole rings is 1. The molecule has 200 valence electrons. The highest BCUT2D eigenvalue weighted by Gasteiger charge is 2.54. The Hall–Kier alpha value is -4.29. The molecule has 40 heavy (non-hydrogen) atoms. The molecule has 2 N–H and O–H groups in total. The number of carbonyl (C=O) groups is 2. The molecular weight excluding hydrogens is 528 g/mol. The molecule has 0 radical (unpaired) electrons. The third kappa shape index (κ3) is 3.63. The molecule has 2 fully saturated rings. The van der Waals surface area contributed by atoms with Gasteiger partial charge in [-0.05, 0) is 67.5 Å². The van der Waals surface area contributed by atoms with Gasteiger partial charge in [-0.1, -0.05) is 6.07 Å². The van der Waals surface area contributed by atoms with Gasteiger partial charge in [0.2, 0.25) is 5.82 Å². The quantitative estimate of drug-likeness (QED) is 0.246. The molecule has 3 aliphatic rings. The number of hydrogen-bond acceptors (Lipinski definition) is 10. The molecule has 12 heteroatoms. The van der Waals surface area contributed by atoms with Gasteiger partial charge in [-0.15, -0.1) is 21.5 Å². The number of carbonyl (C=O) groups excluding carboxylic acids is 2. The van der Waals surface area contributed by atoms with Gasteiger partial charge in [-0.3, -0.25) is 9.59 Å². The van der Waals surface area contributed by atoms with E-state index in [1.165, 1.54) is 11.3 Å². The number of pyridine rings is 1. The maximum absolute atomic E-state index is 14.4. The molecule has 1 spiro atoms. The Morgan fingerprint density at radius 3 is 2.75 bits per heavy atom. The monoisotopic (exact) mass is 552 g/mol. The van der Waals surface area contributed by atoms with Crippen LogP contribution in [0, 0.1) is 5.92 Å². The van der Waals surface area contributed by atoms with Gasteiger partial charge in [0.25, 0.3) is 0 Å². The molecule has 8 rings (SSSR count). The Bertz CT molecular complexity index is 1770. The highest BCUT2D eigenvalue weighted by atomic mass is 32.1. The zero-order valence-corrected chi connectivity index (χ0v) is 22.1. The van der Waals surface area contributed by atoms with E-state index in [4.69, 9.17) is 9.84 Å². The predicted octanol–water partition coefficient (Wildman–Crippen LogP) is 3.74. The number of hydrogen-bond donors (Lipinski definition) is 2. The number of Topliss-reactive ketones (excluding diaryl/α,β-unsaturated/α-hetero) is 2. The highest BCUT2D eigenvalue weighted by Crippen LogP contribution is 2.47. The summed E-state index contributed by atoms with van der Waals surface area (Å²) in [7, 11) is 0. The fourth-order valence-corrected chi connectivity index (χ4v) is 7.09. The first-order valence-electron chi connectivity index (χ1n) is 13.4. The van der Waals surface area contributed by atoms with Crippen molar-refractivity contribution in [3.63, 3.8) is 0 Å². The lowest BCUT2D eigenvalue weighted by Gasteiger charge is -2.45. The van der Waals surface area contributed by atoms with Gasteiger partial charge in [0.1, 0.15) is 22.1 Å². The van der Waals surface area contributed by atoms with Crippen LogP contribution in [-0.4, -0.2) is 65.6 Å². The summed E-state index contributed by atoms with van der Waals surface area (Å²) < 4.78 is 8.44. The van der Waals surface area contributed by atoms with E-state index >= 15 is 0 Å². The van der Waals surface area contributed by atoms with Crippen LogP contribution in [0.4, 0.5) is 0 Å². The molecule has 1 atom stereocenters. The highest BCUT2D eigenvalue weighted by molar-refractivity contribution is 7.20. The van der Waals surface area contributed by atoms with Crippen LogP contribution in [0.1, 0.15) is 57.3 Å². The van der Waals surface area contributed by atoms with Crippen LogP contribution in [-0.2, 0) is 0 Å². The van der Waals surface area contributed by atoms with Gasteiger partial charge < -0.3 is 10.1 Å². The first-order chi connectivity index (χ1) is 19.6. The number of aromatic nitrogens is 7. The second kappa shape index (κ2) is 8.86. The minimum Gasteiger partial charge on any atom is -0.485 e. The molecule has 6 heterocycles. The fraction of sp³-hybridized carbons (Fsp3) is 0.321. The van der Waals surface area contributed by atoms with Crippen molar-refractivity contribution in [3.05, 3.63) is 64.8 Å². The van der Waals surface area contributed by atoms with Gasteiger partial charge >= 0.3 is 0 Å². The summed E-state index contributed by atoms with van der Waals surface area (Å²) in [6, 6.07) is 12.9. The average Bonchev–Trinajstić information content (AvgIpc) is 3.34. The van der Waals surface area contributed by atoms with Gasteiger partial charge in [0.15, 0.2) is 17.4 Å². The van der Waals surface area contributed by atoms with Crippen molar-refractivity contribution >= 4 is 33.1 Å². The van der Waals surface area contributed by atoms with Crippen LogP contribution in [0.25, 0.3) is 27.4 Å². The van der Waals surface area contributed by atoms with E-state index in [0.717, 1.165) is 28.8 Å². The Labute approximate surface area is 232 Å². The summed E-state index contributed by atoms with van der Waals surface area (Å²) >= 11 is 1.37. The van der Waals surface area contributed by atoms with Crippen LogP contribution in [0.15, 0.2) is 48.7 Å². The summed E-state index contributed by atoms with van der Waals surface area (Å²) in [6.45, 7) is 1.33. The molecule has 0 unspecified atom stereocenters. The van der Waals surface area contributed by atoms with Crippen molar-refractivity contribution in [1.82, 2.24) is 40.7 Å². The molecule has 1 aliphatic carbocycles. The number of ether oxygens (including phenoxy) is 1. The first kappa shape index (κ1) is 23.6. The fourth-order valence-electron chi connectivity index (χ4n) is 5.99. The number of nitrogens with zero attached hydrogens (tertiary/aromatic N) is 6. The van der Waals surface area contributed by atoms with Crippen LogP contribution in [0.2, 0.25) is 0 Å². The zero-order valence-electron chi connectivity index (χ0n) is 21.3. The summed E-state index contributed by atoms with van der Waals surface area (Å²) in [5.41, 5.74) is 1.07. The number of thiophene rings is 1. The van der Waals surface area contributed by atoms with E-state index in [-0.39, 0.29) is 11.6 Å². The third-order valence-electron chi connectivity index (χ3n) is 8.12. The van der Waals surface area contributed by atoms with E-state index < -0.39 is 11.5 Å². The Kier molecular flexibility index (Phi) is 5.23. The van der Waals surface area contributed by atoms with E-state index in [1.807, 2.05) is 35.0 Å². The van der Waals surface area contributed by atoms with Gasteiger partial charge in [-0.25, -0.2) is 9.67 Å². The van der Waals surface area contributed by atoms with E-state index in [2.05, 4.69) is 30.9 Å². The van der Waals surface area contributed by atoms with Crippen LogP contribution >= 0.6 is 11.3 Å². The van der Waals surface area contributed by atoms with E-state index in [1.54, 1.807) is 18.3 Å². The van der Waals surface area contributed by atoms with Crippen molar-refractivity contribution in [2.24, 2.45) is 5.92 Å². The molecule has 4 aromatic heterocycles. The first-order valence-corrected chi connectivity index (χ1v) is 14.2. The van der Waals surface area contributed by atoms with Crippen molar-refractivity contribution in [1.29, 1.82) is 0 Å². The molecular formula is C28H24N8O3S. The molecule has 0 amide bonds. The third-order valence-corrected chi connectivity index (χ3v) is 9.25. The number of aromatic amines is 1. The molecule has 5 aromatic rings. The summed E-state index contributed by atoms with van der Waals surface area (Å²) in [5.74, 6) is 0.540. The van der Waals surface area contributed by atoms with Crippen LogP contribution in [0.5, 0.6) is 5.75 Å². The lowest BCUT2D eigenvalue weighted by Crippen LogP contribution is -2.58. The second-order valence-electron chi connectivity index (χ2n) is 10.6. The molecule has 1 saturated heterocycles. The van der Waals surface area contributed by atoms with Crippen molar-refractivity contribution in [3.8, 4) is 23.0 Å². The van der Waals surface area contributed by atoms with Crippen molar-refractivity contribution < 1.29 is 14.3 Å². The molecule has 11 nitrogen and oxygen atoms in total. The van der Waals surface area contributed by atoms with Gasteiger partial charge in [-0.2, -0.15) is 10.3 Å². The number of fused-ring (bicyclic) bond motifs is 2.